The lowest BCUT2D eigenvalue weighted by molar-refractivity contribution is 0.101. The lowest BCUT2D eigenvalue weighted by atomic mass is 10.1. The Balaban J connectivity index is 2.83. The summed E-state index contributed by atoms with van der Waals surface area (Å²) >= 11 is 5.88. The fourth-order valence-corrected chi connectivity index (χ4v) is 1.42. The minimum absolute atomic E-state index is 0.0521. The predicted octanol–water partition coefficient (Wildman–Crippen LogP) is 1.95. The molecule has 0 aromatic heterocycles. The van der Waals surface area contributed by atoms with Crippen molar-refractivity contribution in [3.8, 4) is 0 Å². The largest absolute Gasteiger partial charge is 0.395 e. The highest BCUT2D eigenvalue weighted by Crippen LogP contribution is 2.21. The third-order valence-corrected chi connectivity index (χ3v) is 2.10. The Kier molecular flexibility index (Phi) is 3.92. The number of aliphatic hydroxyl groups is 1. The summed E-state index contributed by atoms with van der Waals surface area (Å²) in [5, 5.41) is 12.0. The fraction of sp³-hybridized carbons (Fsp3) is 0.300. The van der Waals surface area contributed by atoms with Crippen LogP contribution in [0.15, 0.2) is 18.2 Å². The number of hydrogen-bond acceptors (Lipinski definition) is 3. The summed E-state index contributed by atoms with van der Waals surface area (Å²) < 4.78 is 0. The molecule has 1 rings (SSSR count). The van der Waals surface area contributed by atoms with E-state index in [2.05, 4.69) is 5.32 Å². The third-order valence-electron chi connectivity index (χ3n) is 1.79. The number of benzene rings is 1. The van der Waals surface area contributed by atoms with E-state index in [9.17, 15) is 4.79 Å². The summed E-state index contributed by atoms with van der Waals surface area (Å²) in [7, 11) is 0. The summed E-state index contributed by atoms with van der Waals surface area (Å²) in [6.07, 6.45) is 0. The van der Waals surface area contributed by atoms with Crippen LogP contribution in [0.4, 0.5) is 5.69 Å². The summed E-state index contributed by atoms with van der Waals surface area (Å²) in [4.78, 5) is 11.0. The van der Waals surface area contributed by atoms with Gasteiger partial charge in [-0.05, 0) is 25.1 Å². The zero-order chi connectivity index (χ0) is 10.6. The molecule has 14 heavy (non-hydrogen) atoms. The van der Waals surface area contributed by atoms with Gasteiger partial charge in [-0.1, -0.05) is 11.6 Å². The van der Waals surface area contributed by atoms with E-state index in [4.69, 9.17) is 16.7 Å². The van der Waals surface area contributed by atoms with Crippen LogP contribution in [0.3, 0.4) is 0 Å². The molecule has 0 spiro atoms. The Morgan fingerprint density at radius 3 is 2.79 bits per heavy atom. The molecule has 0 aliphatic heterocycles. The van der Waals surface area contributed by atoms with Crippen molar-refractivity contribution in [3.63, 3.8) is 0 Å². The van der Waals surface area contributed by atoms with Gasteiger partial charge in [0.05, 0.1) is 11.6 Å². The smallest absolute Gasteiger partial charge is 0.161 e. The van der Waals surface area contributed by atoms with Gasteiger partial charge in [0.15, 0.2) is 5.78 Å². The first-order valence-electron chi connectivity index (χ1n) is 4.30. The van der Waals surface area contributed by atoms with E-state index in [1.54, 1.807) is 18.2 Å². The molecular formula is C10H12ClNO2. The Hall–Kier alpha value is -1.06. The van der Waals surface area contributed by atoms with Crippen molar-refractivity contribution in [2.45, 2.75) is 6.92 Å². The number of halogens is 1. The number of anilines is 1. The van der Waals surface area contributed by atoms with Crippen LogP contribution in [0.25, 0.3) is 0 Å². The molecule has 0 aliphatic carbocycles. The Morgan fingerprint density at radius 1 is 1.57 bits per heavy atom. The molecule has 0 saturated heterocycles. The van der Waals surface area contributed by atoms with Crippen LogP contribution < -0.4 is 5.32 Å². The summed E-state index contributed by atoms with van der Waals surface area (Å²) in [5.41, 5.74) is 1.32. The topological polar surface area (TPSA) is 49.3 Å². The van der Waals surface area contributed by atoms with E-state index in [1.807, 2.05) is 0 Å². The van der Waals surface area contributed by atoms with Crippen LogP contribution in [0.5, 0.6) is 0 Å². The molecule has 0 radical (unpaired) electrons. The van der Waals surface area contributed by atoms with Crippen molar-refractivity contribution in [1.82, 2.24) is 0 Å². The maximum Gasteiger partial charge on any atom is 0.161 e. The summed E-state index contributed by atoms with van der Waals surface area (Å²) in [5.74, 6) is -0.0521. The molecular weight excluding hydrogens is 202 g/mol. The van der Waals surface area contributed by atoms with Crippen LogP contribution in [0.2, 0.25) is 5.02 Å². The first-order chi connectivity index (χ1) is 6.65. The Morgan fingerprint density at radius 2 is 2.29 bits per heavy atom. The minimum atomic E-state index is -0.0521. The molecule has 76 valence electrons. The molecule has 1 aromatic rings. The van der Waals surface area contributed by atoms with Gasteiger partial charge >= 0.3 is 0 Å². The summed E-state index contributed by atoms with van der Waals surface area (Å²) in [6.45, 7) is 2.00. The van der Waals surface area contributed by atoms with Gasteiger partial charge < -0.3 is 10.4 Å². The number of carbonyl (C=O) groups excluding carboxylic acids is 1. The average molecular weight is 214 g/mol. The zero-order valence-electron chi connectivity index (χ0n) is 7.88. The van der Waals surface area contributed by atoms with Crippen molar-refractivity contribution in [3.05, 3.63) is 28.8 Å². The number of hydrogen-bond donors (Lipinski definition) is 2. The van der Waals surface area contributed by atoms with Gasteiger partial charge in [0.1, 0.15) is 0 Å². The molecule has 0 bridgehead atoms. The zero-order valence-corrected chi connectivity index (χ0v) is 8.64. The highest BCUT2D eigenvalue weighted by molar-refractivity contribution is 6.34. The van der Waals surface area contributed by atoms with Crippen molar-refractivity contribution < 1.29 is 9.90 Å². The Labute approximate surface area is 87.7 Å². The second kappa shape index (κ2) is 4.98. The van der Waals surface area contributed by atoms with Gasteiger partial charge in [0.2, 0.25) is 0 Å². The van der Waals surface area contributed by atoms with Crippen LogP contribution in [-0.2, 0) is 0 Å². The van der Waals surface area contributed by atoms with E-state index >= 15 is 0 Å². The minimum Gasteiger partial charge on any atom is -0.395 e. The summed E-state index contributed by atoms with van der Waals surface area (Å²) in [6, 6.07) is 5.11. The average Bonchev–Trinajstić information content (AvgIpc) is 2.14. The second-order valence-electron chi connectivity index (χ2n) is 2.90. The number of rotatable bonds is 4. The molecule has 0 amide bonds. The fourth-order valence-electron chi connectivity index (χ4n) is 1.11. The predicted molar refractivity (Wildman–Crippen MR) is 57.0 cm³/mol. The molecule has 2 N–H and O–H groups in total. The van der Waals surface area contributed by atoms with E-state index in [0.717, 1.165) is 5.69 Å². The molecule has 0 unspecified atom stereocenters. The van der Waals surface area contributed by atoms with Gasteiger partial charge in [-0.3, -0.25) is 4.79 Å². The van der Waals surface area contributed by atoms with Gasteiger partial charge in [-0.25, -0.2) is 0 Å². The van der Waals surface area contributed by atoms with Gasteiger partial charge in [0, 0.05) is 17.8 Å². The van der Waals surface area contributed by atoms with Gasteiger partial charge in [-0.15, -0.1) is 0 Å². The lowest BCUT2D eigenvalue weighted by Crippen LogP contribution is -2.05. The number of aliphatic hydroxyl groups excluding tert-OH is 1. The van der Waals surface area contributed by atoms with E-state index in [-0.39, 0.29) is 12.4 Å². The quantitative estimate of drug-likeness (QED) is 0.752. The van der Waals surface area contributed by atoms with Gasteiger partial charge in [-0.2, -0.15) is 0 Å². The van der Waals surface area contributed by atoms with Gasteiger partial charge in [0.25, 0.3) is 0 Å². The maximum absolute atomic E-state index is 11.0. The third kappa shape index (κ3) is 2.72. The molecule has 0 saturated carbocycles. The van der Waals surface area contributed by atoms with Crippen LogP contribution in [0, 0.1) is 0 Å². The van der Waals surface area contributed by atoms with Crippen molar-refractivity contribution in [1.29, 1.82) is 0 Å². The standard InChI is InChI=1S/C10H12ClNO2/c1-7(14)9-3-2-8(6-10(9)11)12-4-5-13/h2-3,6,12-13H,4-5H2,1H3. The van der Waals surface area contributed by atoms with Crippen molar-refractivity contribution in [2.75, 3.05) is 18.5 Å². The highest BCUT2D eigenvalue weighted by Gasteiger charge is 2.05. The molecule has 4 heteroatoms. The van der Waals surface area contributed by atoms with Crippen molar-refractivity contribution >= 4 is 23.1 Å². The first-order valence-corrected chi connectivity index (χ1v) is 4.68. The second-order valence-corrected chi connectivity index (χ2v) is 3.31. The highest BCUT2D eigenvalue weighted by atomic mass is 35.5. The van der Waals surface area contributed by atoms with Crippen LogP contribution >= 0.6 is 11.6 Å². The molecule has 0 atom stereocenters. The normalized spacial score (nSPS) is 9.93. The number of Topliss-reactive ketones (excluding diaryl/α,β-unsaturated/α-hetero) is 1. The Bertz CT molecular complexity index is 339. The number of ketones is 1. The maximum atomic E-state index is 11.0. The van der Waals surface area contributed by atoms with Crippen molar-refractivity contribution in [2.24, 2.45) is 0 Å². The van der Waals surface area contributed by atoms with E-state index in [0.29, 0.717) is 17.1 Å². The van der Waals surface area contributed by atoms with Crippen LogP contribution in [0.1, 0.15) is 17.3 Å². The van der Waals surface area contributed by atoms with E-state index < -0.39 is 0 Å². The molecule has 0 fully saturated rings. The van der Waals surface area contributed by atoms with E-state index in [1.165, 1.54) is 6.92 Å². The first kappa shape index (κ1) is 11.0. The number of carbonyl (C=O) groups is 1. The van der Waals surface area contributed by atoms with Crippen LogP contribution in [-0.4, -0.2) is 24.0 Å². The SMILES string of the molecule is CC(=O)c1ccc(NCCO)cc1Cl. The molecule has 0 aliphatic rings. The molecule has 3 nitrogen and oxygen atoms in total. The lowest BCUT2D eigenvalue weighted by Gasteiger charge is -2.06. The molecule has 0 heterocycles. The molecule has 1 aromatic carbocycles. The number of nitrogens with one attached hydrogen (secondary N) is 1. The monoisotopic (exact) mass is 213 g/mol.